The summed E-state index contributed by atoms with van der Waals surface area (Å²) in [7, 11) is -0.883. The van der Waals surface area contributed by atoms with E-state index in [9.17, 15) is 13.2 Å². The van der Waals surface area contributed by atoms with Gasteiger partial charge < -0.3 is 24.8 Å². The summed E-state index contributed by atoms with van der Waals surface area (Å²) in [5.41, 5.74) is 0.718. The van der Waals surface area contributed by atoms with Crippen LogP contribution in [0.25, 0.3) is 22.2 Å². The van der Waals surface area contributed by atoms with Crippen LogP contribution in [0.2, 0.25) is 10.0 Å². The molecule has 202 valence electrons. The van der Waals surface area contributed by atoms with Crippen molar-refractivity contribution < 1.29 is 27.4 Å². The molecule has 0 unspecified atom stereocenters. The number of aromatic nitrogens is 3. The van der Waals surface area contributed by atoms with Gasteiger partial charge in [-0.25, -0.2) is 23.4 Å². The zero-order chi connectivity index (χ0) is 27.6. The lowest BCUT2D eigenvalue weighted by molar-refractivity contribution is -0.117. The van der Waals surface area contributed by atoms with Crippen LogP contribution in [-0.4, -0.2) is 75.0 Å². The maximum Gasteiger partial charge on any atom is 0.243 e. The van der Waals surface area contributed by atoms with E-state index in [-0.39, 0.29) is 68.1 Å². The number of ether oxygens (including phenoxy) is 3. The first-order valence-corrected chi connectivity index (χ1v) is 13.7. The van der Waals surface area contributed by atoms with Gasteiger partial charge in [0.25, 0.3) is 0 Å². The average molecular weight is 583 g/mol. The highest BCUT2D eigenvalue weighted by Crippen LogP contribution is 2.46. The minimum absolute atomic E-state index is 0.0708. The monoisotopic (exact) mass is 582 g/mol. The lowest BCUT2D eigenvalue weighted by Gasteiger charge is -2.20. The first-order chi connectivity index (χ1) is 18.0. The molecule has 1 aliphatic heterocycles. The van der Waals surface area contributed by atoms with E-state index in [4.69, 9.17) is 37.4 Å². The van der Waals surface area contributed by atoms with Crippen LogP contribution in [0, 0.1) is 0 Å². The van der Waals surface area contributed by atoms with Crippen molar-refractivity contribution in [2.75, 3.05) is 43.7 Å². The number of nitrogens with zero attached hydrogens (tertiary/aromatic N) is 3. The van der Waals surface area contributed by atoms with E-state index in [0.29, 0.717) is 18.6 Å². The second kappa shape index (κ2) is 11.2. The molecule has 1 aliphatic rings. The lowest BCUT2D eigenvalue weighted by Crippen LogP contribution is -2.45. The van der Waals surface area contributed by atoms with E-state index in [1.165, 1.54) is 32.6 Å². The lowest BCUT2D eigenvalue weighted by atomic mass is 10.1. The minimum atomic E-state index is -3.76. The van der Waals surface area contributed by atoms with Gasteiger partial charge in [0, 0.05) is 23.2 Å². The molecular formula is C23H24Cl2N6O6S. The molecule has 38 heavy (non-hydrogen) atoms. The third kappa shape index (κ3) is 5.85. The van der Waals surface area contributed by atoms with E-state index in [2.05, 4.69) is 36.9 Å². The van der Waals surface area contributed by atoms with Crippen LogP contribution >= 0.6 is 23.2 Å². The number of sulfonamides is 1. The number of carbonyl (C=O) groups is 1. The molecule has 0 radical (unpaired) electrons. The van der Waals surface area contributed by atoms with Gasteiger partial charge in [-0.2, -0.15) is 0 Å². The number of rotatable bonds is 9. The molecule has 1 saturated heterocycles. The SMILES string of the molecule is C=CC(=O)N[C@H]1COC[C@H]1Nc1ncc2cc(-c3c(Cl)c(OC)cc(OC)c3Cl)nc(NS(C)(=O)=O)c2n1. The third-order valence-electron chi connectivity index (χ3n) is 5.59. The predicted molar refractivity (Wildman–Crippen MR) is 145 cm³/mol. The number of methoxy groups -OCH3 is 2. The van der Waals surface area contributed by atoms with Gasteiger partial charge in [-0.05, 0) is 12.1 Å². The number of amides is 1. The Balaban J connectivity index is 1.81. The summed E-state index contributed by atoms with van der Waals surface area (Å²) < 4.78 is 42.9. The maximum absolute atomic E-state index is 12.2. The summed E-state index contributed by atoms with van der Waals surface area (Å²) in [6, 6.07) is 2.46. The van der Waals surface area contributed by atoms with Crippen LogP contribution in [0.3, 0.4) is 0 Å². The number of nitrogens with one attached hydrogen (secondary N) is 3. The number of halogens is 2. The number of carbonyl (C=O) groups excluding carboxylic acids is 1. The van der Waals surface area contributed by atoms with Crippen molar-refractivity contribution in [3.8, 4) is 22.8 Å². The van der Waals surface area contributed by atoms with Gasteiger partial charge in [0.2, 0.25) is 21.9 Å². The zero-order valence-corrected chi connectivity index (χ0v) is 22.9. The fraction of sp³-hybridized carbons (Fsp3) is 0.304. The minimum Gasteiger partial charge on any atom is -0.495 e. The Morgan fingerprint density at radius 1 is 1.13 bits per heavy atom. The molecule has 15 heteroatoms. The topological polar surface area (TPSA) is 154 Å². The Morgan fingerprint density at radius 3 is 2.39 bits per heavy atom. The van der Waals surface area contributed by atoms with E-state index in [1.54, 1.807) is 6.07 Å². The Kier molecular flexibility index (Phi) is 8.11. The molecule has 1 fully saturated rings. The van der Waals surface area contributed by atoms with Crippen molar-refractivity contribution in [1.82, 2.24) is 20.3 Å². The molecule has 3 aromatic rings. The normalized spacial score (nSPS) is 17.2. The predicted octanol–water partition coefficient (Wildman–Crippen LogP) is 2.87. The van der Waals surface area contributed by atoms with Crippen molar-refractivity contribution in [3.05, 3.63) is 41.0 Å². The molecular weight excluding hydrogens is 559 g/mol. The number of fused-ring (bicyclic) bond motifs is 1. The number of anilines is 2. The second-order valence-corrected chi connectivity index (χ2v) is 10.8. The molecule has 2 aromatic heterocycles. The van der Waals surface area contributed by atoms with E-state index >= 15 is 0 Å². The van der Waals surface area contributed by atoms with Crippen LogP contribution in [0.4, 0.5) is 11.8 Å². The molecule has 4 rings (SSSR count). The molecule has 0 bridgehead atoms. The van der Waals surface area contributed by atoms with Crippen LogP contribution in [0.5, 0.6) is 11.5 Å². The molecule has 3 heterocycles. The smallest absolute Gasteiger partial charge is 0.243 e. The van der Waals surface area contributed by atoms with Gasteiger partial charge in [0.05, 0.1) is 61.5 Å². The third-order valence-corrected chi connectivity index (χ3v) is 6.90. The standard InChI is InChI=1S/C23H24Cl2N6O6S/c1-5-17(32)27-13-9-37-10-14(13)29-23-26-8-11-6-12(28-22(21(11)30-23)31-38(4,33)34)18-19(24)15(35-2)7-16(36-3)20(18)25/h5-8,13-14H,1,9-10H2,2-4H3,(H,27,32)(H,28,31)(H,26,29,30)/t13-,14+/m0/s1. The molecule has 0 aliphatic carbocycles. The van der Waals surface area contributed by atoms with Crippen molar-refractivity contribution in [2.45, 2.75) is 12.1 Å². The largest absolute Gasteiger partial charge is 0.495 e. The Labute approximate surface area is 228 Å². The summed E-state index contributed by atoms with van der Waals surface area (Å²) in [6.45, 7) is 4.04. The van der Waals surface area contributed by atoms with Crippen molar-refractivity contribution in [2.24, 2.45) is 0 Å². The second-order valence-electron chi connectivity index (χ2n) is 8.25. The first-order valence-electron chi connectivity index (χ1n) is 11.1. The molecule has 12 nitrogen and oxygen atoms in total. The number of hydrogen-bond donors (Lipinski definition) is 3. The van der Waals surface area contributed by atoms with Gasteiger partial charge >= 0.3 is 0 Å². The molecule has 2 atom stereocenters. The summed E-state index contributed by atoms with van der Waals surface area (Å²) >= 11 is 13.1. The van der Waals surface area contributed by atoms with Crippen LogP contribution in [0.15, 0.2) is 31.0 Å². The number of benzene rings is 1. The fourth-order valence-electron chi connectivity index (χ4n) is 3.84. The molecule has 0 spiro atoms. The van der Waals surface area contributed by atoms with E-state index in [1.807, 2.05) is 0 Å². The molecule has 1 amide bonds. The molecule has 3 N–H and O–H groups in total. The van der Waals surface area contributed by atoms with Gasteiger partial charge in [-0.3, -0.25) is 9.52 Å². The van der Waals surface area contributed by atoms with Gasteiger partial charge in [0.1, 0.15) is 17.0 Å². The highest BCUT2D eigenvalue weighted by atomic mass is 35.5. The van der Waals surface area contributed by atoms with Crippen molar-refractivity contribution in [3.63, 3.8) is 0 Å². The van der Waals surface area contributed by atoms with Crippen LogP contribution < -0.4 is 24.8 Å². The summed E-state index contributed by atoms with van der Waals surface area (Å²) in [6.07, 6.45) is 3.66. The van der Waals surface area contributed by atoms with Crippen LogP contribution in [0.1, 0.15) is 0 Å². The fourth-order valence-corrected chi connectivity index (χ4v) is 5.03. The highest BCUT2D eigenvalue weighted by Gasteiger charge is 2.30. The summed E-state index contributed by atoms with van der Waals surface area (Å²) in [5, 5.41) is 6.66. The quantitative estimate of drug-likeness (QED) is 0.321. The summed E-state index contributed by atoms with van der Waals surface area (Å²) in [5.74, 6) is 0.342. The van der Waals surface area contributed by atoms with Gasteiger partial charge in [0.15, 0.2) is 5.82 Å². The van der Waals surface area contributed by atoms with E-state index < -0.39 is 10.0 Å². The Bertz CT molecular complexity index is 1490. The number of hydrogen-bond acceptors (Lipinski definition) is 10. The first kappa shape index (κ1) is 27.6. The maximum atomic E-state index is 12.2. The Morgan fingerprint density at radius 2 is 1.79 bits per heavy atom. The molecule has 1 aromatic carbocycles. The number of pyridine rings is 1. The van der Waals surface area contributed by atoms with E-state index in [0.717, 1.165) is 6.26 Å². The van der Waals surface area contributed by atoms with Crippen molar-refractivity contribution in [1.29, 1.82) is 0 Å². The summed E-state index contributed by atoms with van der Waals surface area (Å²) in [4.78, 5) is 25.1. The highest BCUT2D eigenvalue weighted by molar-refractivity contribution is 7.92. The van der Waals surface area contributed by atoms with Gasteiger partial charge in [-0.1, -0.05) is 29.8 Å². The average Bonchev–Trinajstić information content (AvgIpc) is 3.29. The zero-order valence-electron chi connectivity index (χ0n) is 20.5. The van der Waals surface area contributed by atoms with Crippen molar-refractivity contribution >= 4 is 61.8 Å². The van der Waals surface area contributed by atoms with Gasteiger partial charge in [-0.15, -0.1) is 0 Å². The Hall–Kier alpha value is -3.39. The van der Waals surface area contributed by atoms with Crippen LogP contribution in [-0.2, 0) is 19.6 Å². The molecule has 0 saturated carbocycles.